The van der Waals surface area contributed by atoms with Gasteiger partial charge < -0.3 is 20.5 Å². The molecule has 2 rings (SSSR count). The zero-order chi connectivity index (χ0) is 17.7. The second-order valence-corrected chi connectivity index (χ2v) is 6.54. The number of nitrogens with two attached hydrogens (primary N) is 1. The Morgan fingerprint density at radius 3 is 2.50 bits per heavy atom. The molecule has 5 nitrogen and oxygen atoms in total. The maximum Gasteiger partial charge on any atom is 0.262 e. The minimum atomic E-state index is -0.275. The molecule has 2 aromatic carbocycles. The number of carbonyl (C=O) groups excluding carboxylic acids is 1. The number of amides is 1. The molecule has 2 aromatic rings. The van der Waals surface area contributed by atoms with Crippen LogP contribution in [-0.2, 0) is 10.2 Å². The molecule has 0 heterocycles. The fourth-order valence-corrected chi connectivity index (χ4v) is 2.36. The van der Waals surface area contributed by atoms with E-state index in [1.54, 1.807) is 18.2 Å². The standard InChI is InChI=1S/C19H24N2O3/c1-19(2,3)14-7-5-6-8-16(14)24-12-18(22)21-15-11-13(20)9-10-17(15)23-4/h5-11H,12,20H2,1-4H3,(H,21,22). The van der Waals surface area contributed by atoms with E-state index in [0.29, 0.717) is 22.9 Å². The normalized spacial score (nSPS) is 11.0. The number of nitrogens with one attached hydrogen (secondary N) is 1. The van der Waals surface area contributed by atoms with E-state index in [1.165, 1.54) is 7.11 Å². The van der Waals surface area contributed by atoms with Crippen molar-refractivity contribution in [2.24, 2.45) is 0 Å². The third-order valence-corrected chi connectivity index (χ3v) is 3.55. The first-order chi connectivity index (χ1) is 11.3. The summed E-state index contributed by atoms with van der Waals surface area (Å²) in [6.45, 7) is 6.22. The van der Waals surface area contributed by atoms with Gasteiger partial charge in [0, 0.05) is 5.69 Å². The molecule has 0 bridgehead atoms. The maximum atomic E-state index is 12.2. The Morgan fingerprint density at radius 2 is 1.83 bits per heavy atom. The second kappa shape index (κ2) is 7.25. The number of ether oxygens (including phenoxy) is 2. The summed E-state index contributed by atoms with van der Waals surface area (Å²) in [5.41, 5.74) is 7.81. The summed E-state index contributed by atoms with van der Waals surface area (Å²) in [7, 11) is 1.54. The molecule has 0 fully saturated rings. The molecule has 0 aliphatic rings. The van der Waals surface area contributed by atoms with Gasteiger partial charge in [-0.15, -0.1) is 0 Å². The molecule has 0 aromatic heterocycles. The third kappa shape index (κ3) is 4.41. The Bertz CT molecular complexity index is 721. The van der Waals surface area contributed by atoms with Gasteiger partial charge in [-0.2, -0.15) is 0 Å². The van der Waals surface area contributed by atoms with Crippen molar-refractivity contribution in [1.82, 2.24) is 0 Å². The predicted molar refractivity (Wildman–Crippen MR) is 96.7 cm³/mol. The molecule has 0 radical (unpaired) electrons. The summed E-state index contributed by atoms with van der Waals surface area (Å²) in [5, 5.41) is 2.76. The Kier molecular flexibility index (Phi) is 5.34. The van der Waals surface area contributed by atoms with Crippen molar-refractivity contribution >= 4 is 17.3 Å². The van der Waals surface area contributed by atoms with Gasteiger partial charge in [-0.05, 0) is 35.2 Å². The number of benzene rings is 2. The quantitative estimate of drug-likeness (QED) is 0.823. The molecule has 0 saturated carbocycles. The summed E-state index contributed by atoms with van der Waals surface area (Å²) < 4.78 is 10.9. The second-order valence-electron chi connectivity index (χ2n) is 6.54. The van der Waals surface area contributed by atoms with E-state index in [-0.39, 0.29) is 17.9 Å². The molecule has 0 unspecified atom stereocenters. The Morgan fingerprint density at radius 1 is 1.12 bits per heavy atom. The van der Waals surface area contributed by atoms with Crippen LogP contribution in [-0.4, -0.2) is 19.6 Å². The molecule has 0 spiro atoms. The van der Waals surface area contributed by atoms with E-state index in [1.807, 2.05) is 24.3 Å². The summed E-state index contributed by atoms with van der Waals surface area (Å²) in [5.74, 6) is 0.981. The van der Waals surface area contributed by atoms with Crippen LogP contribution in [0.4, 0.5) is 11.4 Å². The van der Waals surface area contributed by atoms with Crippen LogP contribution in [0, 0.1) is 0 Å². The highest BCUT2D eigenvalue weighted by Gasteiger charge is 2.19. The van der Waals surface area contributed by atoms with Crippen LogP contribution in [0.2, 0.25) is 0 Å². The van der Waals surface area contributed by atoms with Crippen LogP contribution < -0.4 is 20.5 Å². The number of nitrogen functional groups attached to an aromatic ring is 1. The van der Waals surface area contributed by atoms with Crippen molar-refractivity contribution < 1.29 is 14.3 Å². The van der Waals surface area contributed by atoms with Crippen LogP contribution in [0.5, 0.6) is 11.5 Å². The first-order valence-electron chi connectivity index (χ1n) is 7.77. The Labute approximate surface area is 142 Å². The molecule has 0 saturated heterocycles. The monoisotopic (exact) mass is 328 g/mol. The fraction of sp³-hybridized carbons (Fsp3) is 0.316. The summed E-state index contributed by atoms with van der Waals surface area (Å²) in [6.07, 6.45) is 0. The van der Waals surface area contributed by atoms with Gasteiger partial charge in [0.2, 0.25) is 0 Å². The highest BCUT2D eigenvalue weighted by Crippen LogP contribution is 2.31. The lowest BCUT2D eigenvalue weighted by molar-refractivity contribution is -0.118. The van der Waals surface area contributed by atoms with Gasteiger partial charge in [0.25, 0.3) is 5.91 Å². The fourth-order valence-electron chi connectivity index (χ4n) is 2.36. The van der Waals surface area contributed by atoms with Gasteiger partial charge >= 0.3 is 0 Å². The van der Waals surface area contributed by atoms with Crippen LogP contribution in [0.3, 0.4) is 0 Å². The van der Waals surface area contributed by atoms with Crippen molar-refractivity contribution in [1.29, 1.82) is 0 Å². The summed E-state index contributed by atoms with van der Waals surface area (Å²) in [6, 6.07) is 12.8. The molecule has 5 heteroatoms. The van der Waals surface area contributed by atoms with E-state index in [2.05, 4.69) is 26.1 Å². The Balaban J connectivity index is 2.06. The molecule has 1 amide bonds. The number of rotatable bonds is 5. The zero-order valence-electron chi connectivity index (χ0n) is 14.6. The van der Waals surface area contributed by atoms with Crippen molar-refractivity contribution in [2.75, 3.05) is 24.8 Å². The minimum absolute atomic E-state index is 0.0653. The summed E-state index contributed by atoms with van der Waals surface area (Å²) in [4.78, 5) is 12.2. The number of anilines is 2. The van der Waals surface area contributed by atoms with Gasteiger partial charge in [-0.3, -0.25) is 4.79 Å². The van der Waals surface area contributed by atoms with Crippen molar-refractivity contribution in [3.63, 3.8) is 0 Å². The zero-order valence-corrected chi connectivity index (χ0v) is 14.6. The maximum absolute atomic E-state index is 12.2. The first-order valence-corrected chi connectivity index (χ1v) is 7.77. The van der Waals surface area contributed by atoms with Gasteiger partial charge in [-0.25, -0.2) is 0 Å². The average molecular weight is 328 g/mol. The molecular weight excluding hydrogens is 304 g/mol. The molecule has 24 heavy (non-hydrogen) atoms. The van der Waals surface area contributed by atoms with Gasteiger partial charge in [-0.1, -0.05) is 39.0 Å². The van der Waals surface area contributed by atoms with E-state index < -0.39 is 0 Å². The van der Waals surface area contributed by atoms with Crippen molar-refractivity contribution in [3.05, 3.63) is 48.0 Å². The van der Waals surface area contributed by atoms with Crippen LogP contribution >= 0.6 is 0 Å². The lowest BCUT2D eigenvalue weighted by Crippen LogP contribution is -2.22. The number of carbonyl (C=O) groups is 1. The highest BCUT2D eigenvalue weighted by atomic mass is 16.5. The first kappa shape index (κ1) is 17.7. The van der Waals surface area contributed by atoms with Crippen LogP contribution in [0.25, 0.3) is 0 Å². The molecule has 0 aliphatic carbocycles. The topological polar surface area (TPSA) is 73.6 Å². The smallest absolute Gasteiger partial charge is 0.262 e. The van der Waals surface area contributed by atoms with Gasteiger partial charge in [0.15, 0.2) is 6.61 Å². The van der Waals surface area contributed by atoms with E-state index in [0.717, 1.165) is 5.56 Å². The number of methoxy groups -OCH3 is 1. The predicted octanol–water partition coefficient (Wildman–Crippen LogP) is 3.59. The Hall–Kier alpha value is -2.69. The lowest BCUT2D eigenvalue weighted by Gasteiger charge is -2.22. The minimum Gasteiger partial charge on any atom is -0.495 e. The van der Waals surface area contributed by atoms with Crippen molar-refractivity contribution in [2.45, 2.75) is 26.2 Å². The van der Waals surface area contributed by atoms with Crippen LogP contribution in [0.15, 0.2) is 42.5 Å². The van der Waals surface area contributed by atoms with E-state index >= 15 is 0 Å². The number of hydrogen-bond acceptors (Lipinski definition) is 4. The lowest BCUT2D eigenvalue weighted by atomic mass is 9.86. The van der Waals surface area contributed by atoms with E-state index in [4.69, 9.17) is 15.2 Å². The van der Waals surface area contributed by atoms with Crippen molar-refractivity contribution in [3.8, 4) is 11.5 Å². The van der Waals surface area contributed by atoms with E-state index in [9.17, 15) is 4.79 Å². The molecular formula is C19H24N2O3. The number of para-hydroxylation sites is 1. The average Bonchev–Trinajstić information content (AvgIpc) is 2.52. The molecule has 128 valence electrons. The largest absolute Gasteiger partial charge is 0.495 e. The van der Waals surface area contributed by atoms with Gasteiger partial charge in [0.05, 0.1) is 12.8 Å². The highest BCUT2D eigenvalue weighted by molar-refractivity contribution is 5.94. The molecule has 0 aliphatic heterocycles. The SMILES string of the molecule is COc1ccc(N)cc1NC(=O)COc1ccccc1C(C)(C)C. The number of hydrogen-bond donors (Lipinski definition) is 2. The summed E-state index contributed by atoms with van der Waals surface area (Å²) >= 11 is 0. The molecule has 0 atom stereocenters. The molecule has 3 N–H and O–H groups in total. The third-order valence-electron chi connectivity index (χ3n) is 3.55. The van der Waals surface area contributed by atoms with Crippen LogP contribution in [0.1, 0.15) is 26.3 Å². The van der Waals surface area contributed by atoms with Gasteiger partial charge in [0.1, 0.15) is 11.5 Å².